The van der Waals surface area contributed by atoms with Gasteiger partial charge in [0.15, 0.2) is 0 Å². The fourth-order valence-corrected chi connectivity index (χ4v) is 4.09. The molecule has 0 aliphatic heterocycles. The van der Waals surface area contributed by atoms with Crippen molar-refractivity contribution in [3.05, 3.63) is 23.8 Å². The molecule has 0 heterocycles. The molecule has 174 valence electrons. The third kappa shape index (κ3) is 11.2. The van der Waals surface area contributed by atoms with Crippen LogP contribution in [0, 0.1) is 17.8 Å². The van der Waals surface area contributed by atoms with Crippen molar-refractivity contribution >= 4 is 0 Å². The molecular formula is C26H47NO3. The Morgan fingerprint density at radius 3 is 2.27 bits per heavy atom. The number of benzene rings is 1. The molecule has 2 unspecified atom stereocenters. The van der Waals surface area contributed by atoms with Gasteiger partial charge >= 0.3 is 0 Å². The largest absolute Gasteiger partial charge is 0.508 e. The van der Waals surface area contributed by atoms with Crippen LogP contribution >= 0.6 is 0 Å². The van der Waals surface area contributed by atoms with Crippen LogP contribution in [0.15, 0.2) is 18.2 Å². The first-order chi connectivity index (χ1) is 14.1. The minimum atomic E-state index is -0.596. The number of phenols is 1. The van der Waals surface area contributed by atoms with E-state index in [2.05, 4.69) is 34.6 Å². The van der Waals surface area contributed by atoms with E-state index in [1.54, 1.807) is 6.07 Å². The molecule has 0 aliphatic carbocycles. The van der Waals surface area contributed by atoms with Gasteiger partial charge in [-0.2, -0.15) is 0 Å². The standard InChI is InChI=1S/C26H47NO3/c1-20(2)9-8-11-22(5)10-6-7-16-30-24-13-12-23(25(29)17-24)14-15-26(27,19-28)18-21(3)4/h12-13,17,20-22,28-29H,6-11,14-16,18-19,27H2,1-5H3. The van der Waals surface area contributed by atoms with Crippen molar-refractivity contribution in [2.75, 3.05) is 13.2 Å². The molecule has 1 aromatic rings. The second-order valence-corrected chi connectivity index (χ2v) is 10.2. The molecule has 0 saturated carbocycles. The van der Waals surface area contributed by atoms with Gasteiger partial charge in [0.1, 0.15) is 11.5 Å². The lowest BCUT2D eigenvalue weighted by molar-refractivity contribution is 0.165. The maximum atomic E-state index is 10.4. The Balaban J connectivity index is 2.33. The monoisotopic (exact) mass is 421 g/mol. The molecular weight excluding hydrogens is 374 g/mol. The number of phenolic OH excluding ortho intramolecular Hbond substituents is 1. The normalized spacial score (nSPS) is 14.8. The predicted molar refractivity (Wildman–Crippen MR) is 127 cm³/mol. The van der Waals surface area contributed by atoms with Gasteiger partial charge in [-0.1, -0.05) is 66.4 Å². The van der Waals surface area contributed by atoms with Gasteiger partial charge in [0.25, 0.3) is 0 Å². The van der Waals surface area contributed by atoms with E-state index >= 15 is 0 Å². The van der Waals surface area contributed by atoms with Crippen molar-refractivity contribution in [3.8, 4) is 11.5 Å². The minimum Gasteiger partial charge on any atom is -0.508 e. The molecule has 0 spiro atoms. The van der Waals surface area contributed by atoms with Gasteiger partial charge in [0.2, 0.25) is 0 Å². The van der Waals surface area contributed by atoms with Crippen molar-refractivity contribution in [1.29, 1.82) is 0 Å². The Labute approximate surface area is 185 Å². The summed E-state index contributed by atoms with van der Waals surface area (Å²) in [5, 5.41) is 20.0. The van der Waals surface area contributed by atoms with Crippen molar-refractivity contribution in [3.63, 3.8) is 0 Å². The van der Waals surface area contributed by atoms with Crippen molar-refractivity contribution in [1.82, 2.24) is 0 Å². The zero-order chi connectivity index (χ0) is 22.6. The van der Waals surface area contributed by atoms with Crippen LogP contribution in [-0.4, -0.2) is 29.0 Å². The lowest BCUT2D eigenvalue weighted by atomic mass is 9.85. The molecule has 0 fully saturated rings. The summed E-state index contributed by atoms with van der Waals surface area (Å²) in [5.41, 5.74) is 6.58. The zero-order valence-corrected chi connectivity index (χ0v) is 20.1. The van der Waals surface area contributed by atoms with Crippen molar-refractivity contribution in [2.45, 2.75) is 97.9 Å². The summed E-state index contributed by atoms with van der Waals surface area (Å²) in [7, 11) is 0. The van der Waals surface area contributed by atoms with E-state index in [9.17, 15) is 10.2 Å². The second-order valence-electron chi connectivity index (χ2n) is 10.2. The number of rotatable bonds is 16. The van der Waals surface area contributed by atoms with Gasteiger partial charge in [-0.15, -0.1) is 0 Å². The Bertz CT molecular complexity index is 588. The van der Waals surface area contributed by atoms with Gasteiger partial charge in [-0.3, -0.25) is 0 Å². The molecule has 0 radical (unpaired) electrons. The number of nitrogens with two attached hydrogens (primary N) is 1. The molecule has 1 rings (SSSR count). The molecule has 4 heteroatoms. The third-order valence-corrected chi connectivity index (χ3v) is 5.92. The average molecular weight is 422 g/mol. The van der Waals surface area contributed by atoms with Crippen LogP contribution in [0.4, 0.5) is 0 Å². The van der Waals surface area contributed by atoms with Crippen LogP contribution in [0.1, 0.15) is 91.5 Å². The topological polar surface area (TPSA) is 75.7 Å². The summed E-state index contributed by atoms with van der Waals surface area (Å²) in [6.07, 6.45) is 9.52. The molecule has 0 saturated heterocycles. The Morgan fingerprint density at radius 2 is 1.67 bits per heavy atom. The lowest BCUT2D eigenvalue weighted by Crippen LogP contribution is -2.45. The van der Waals surface area contributed by atoms with Crippen LogP contribution in [-0.2, 0) is 6.42 Å². The fourth-order valence-electron chi connectivity index (χ4n) is 4.09. The number of aromatic hydroxyl groups is 1. The van der Waals surface area contributed by atoms with Crippen molar-refractivity contribution < 1.29 is 14.9 Å². The van der Waals surface area contributed by atoms with Crippen LogP contribution in [0.3, 0.4) is 0 Å². The Hall–Kier alpha value is -1.26. The zero-order valence-electron chi connectivity index (χ0n) is 20.1. The third-order valence-electron chi connectivity index (χ3n) is 5.92. The quantitative estimate of drug-likeness (QED) is 0.283. The van der Waals surface area contributed by atoms with E-state index in [1.807, 2.05) is 12.1 Å². The number of aliphatic hydroxyl groups excluding tert-OH is 1. The highest BCUT2D eigenvalue weighted by atomic mass is 16.5. The van der Waals surface area contributed by atoms with E-state index in [0.29, 0.717) is 31.1 Å². The summed E-state index contributed by atoms with van der Waals surface area (Å²) in [5.74, 6) is 2.98. The van der Waals surface area contributed by atoms with E-state index in [0.717, 1.165) is 30.2 Å². The van der Waals surface area contributed by atoms with Gasteiger partial charge in [-0.05, 0) is 61.5 Å². The summed E-state index contributed by atoms with van der Waals surface area (Å²) in [6.45, 7) is 11.8. The molecule has 1 aromatic carbocycles. The molecule has 4 nitrogen and oxygen atoms in total. The summed E-state index contributed by atoms with van der Waals surface area (Å²) in [4.78, 5) is 0. The minimum absolute atomic E-state index is 0.0382. The van der Waals surface area contributed by atoms with Gasteiger partial charge in [-0.25, -0.2) is 0 Å². The maximum absolute atomic E-state index is 10.4. The highest BCUT2D eigenvalue weighted by molar-refractivity contribution is 5.39. The van der Waals surface area contributed by atoms with Crippen LogP contribution in [0.5, 0.6) is 11.5 Å². The molecule has 30 heavy (non-hydrogen) atoms. The summed E-state index contributed by atoms with van der Waals surface area (Å²) < 4.78 is 5.83. The number of aryl methyl sites for hydroxylation is 1. The van der Waals surface area contributed by atoms with E-state index in [4.69, 9.17) is 10.5 Å². The van der Waals surface area contributed by atoms with Gasteiger partial charge < -0.3 is 20.7 Å². The number of ether oxygens (including phenoxy) is 1. The molecule has 0 amide bonds. The first kappa shape index (κ1) is 26.8. The first-order valence-corrected chi connectivity index (χ1v) is 12.0. The number of hydrogen-bond acceptors (Lipinski definition) is 4. The average Bonchev–Trinajstić information content (AvgIpc) is 2.66. The number of hydrogen-bond donors (Lipinski definition) is 3. The summed E-state index contributed by atoms with van der Waals surface area (Å²) >= 11 is 0. The van der Waals surface area contributed by atoms with E-state index in [1.165, 1.54) is 32.1 Å². The van der Waals surface area contributed by atoms with Crippen LogP contribution in [0.25, 0.3) is 0 Å². The Kier molecular flexibility index (Phi) is 12.4. The second kappa shape index (κ2) is 13.9. The molecule has 0 aliphatic rings. The fraction of sp³-hybridized carbons (Fsp3) is 0.769. The maximum Gasteiger partial charge on any atom is 0.122 e. The van der Waals surface area contributed by atoms with Crippen LogP contribution in [0.2, 0.25) is 0 Å². The molecule has 4 N–H and O–H groups in total. The number of aliphatic hydroxyl groups is 1. The first-order valence-electron chi connectivity index (χ1n) is 12.0. The highest BCUT2D eigenvalue weighted by Crippen LogP contribution is 2.28. The number of unbranched alkanes of at least 4 members (excludes halogenated alkanes) is 1. The van der Waals surface area contributed by atoms with Crippen molar-refractivity contribution in [2.24, 2.45) is 23.5 Å². The molecule has 0 aromatic heterocycles. The van der Waals surface area contributed by atoms with Crippen LogP contribution < -0.4 is 10.5 Å². The van der Waals surface area contributed by atoms with E-state index in [-0.39, 0.29) is 12.4 Å². The molecule has 0 bridgehead atoms. The summed E-state index contributed by atoms with van der Waals surface area (Å²) in [6, 6.07) is 5.53. The smallest absolute Gasteiger partial charge is 0.122 e. The predicted octanol–water partition coefficient (Wildman–Crippen LogP) is 6.07. The molecule has 2 atom stereocenters. The van der Waals surface area contributed by atoms with Gasteiger partial charge in [0.05, 0.1) is 13.2 Å². The SMILES string of the molecule is CC(C)CCCC(C)CCCCOc1ccc(CCC(N)(CO)CC(C)C)c(O)c1. The van der Waals surface area contributed by atoms with E-state index < -0.39 is 5.54 Å². The highest BCUT2D eigenvalue weighted by Gasteiger charge is 2.25. The lowest BCUT2D eigenvalue weighted by Gasteiger charge is -2.29. The van der Waals surface area contributed by atoms with Gasteiger partial charge in [0, 0.05) is 11.6 Å². The Morgan fingerprint density at radius 1 is 0.967 bits per heavy atom.